The quantitative estimate of drug-likeness (QED) is 0.500. The third-order valence-corrected chi connectivity index (χ3v) is 2.49. The maximum absolute atomic E-state index is 11.4. The number of nitrogen functional groups attached to an aromatic ring is 1. The summed E-state index contributed by atoms with van der Waals surface area (Å²) in [6.45, 7) is 5.85. The van der Waals surface area contributed by atoms with Gasteiger partial charge in [-0.2, -0.15) is 0 Å². The second-order valence-corrected chi connectivity index (χ2v) is 5.59. The predicted molar refractivity (Wildman–Crippen MR) is 81.6 cm³/mol. The number of carbonyl (C=O) groups excluding carboxylic acids is 1. The van der Waals surface area contributed by atoms with E-state index in [1.807, 2.05) is 20.8 Å². The van der Waals surface area contributed by atoms with Gasteiger partial charge in [0, 0.05) is 18.7 Å². The van der Waals surface area contributed by atoms with Crippen LogP contribution in [0.3, 0.4) is 0 Å². The van der Waals surface area contributed by atoms with E-state index >= 15 is 0 Å². The van der Waals surface area contributed by atoms with Crippen LogP contribution in [0.2, 0.25) is 5.02 Å². The van der Waals surface area contributed by atoms with Crippen molar-refractivity contribution in [1.29, 1.82) is 0 Å². The zero-order valence-electron chi connectivity index (χ0n) is 11.9. The number of carbonyl (C=O) groups is 1. The fourth-order valence-electron chi connectivity index (χ4n) is 1.36. The van der Waals surface area contributed by atoms with Crippen molar-refractivity contribution in [2.75, 3.05) is 12.3 Å². The summed E-state index contributed by atoms with van der Waals surface area (Å²) in [6, 6.07) is 5.25. The van der Waals surface area contributed by atoms with Crippen LogP contribution in [0.4, 0.5) is 10.5 Å². The van der Waals surface area contributed by atoms with Crippen molar-refractivity contribution in [2.24, 2.45) is 0 Å². The van der Waals surface area contributed by atoms with Gasteiger partial charge in [0.2, 0.25) is 0 Å². The number of benzene rings is 1. The topological polar surface area (TPSA) is 64.3 Å². The summed E-state index contributed by atoms with van der Waals surface area (Å²) in [5.74, 6) is 5.82. The van der Waals surface area contributed by atoms with E-state index in [2.05, 4.69) is 17.2 Å². The third kappa shape index (κ3) is 5.85. The molecule has 1 aromatic carbocycles. The highest BCUT2D eigenvalue weighted by Gasteiger charge is 2.15. The standard InChI is InChI=1S/C15H19ClN2O2/c1-15(2,3)20-14(19)18-10-5-4-7-11-12(16)8-6-9-13(11)17/h6,8-9H,5,10,17H2,1-3H3,(H,18,19). The number of hydrogen-bond acceptors (Lipinski definition) is 3. The van der Waals surface area contributed by atoms with E-state index in [1.165, 1.54) is 0 Å². The van der Waals surface area contributed by atoms with Gasteiger partial charge in [0.1, 0.15) is 5.60 Å². The maximum Gasteiger partial charge on any atom is 0.407 e. The van der Waals surface area contributed by atoms with E-state index in [0.717, 1.165) is 0 Å². The molecule has 0 atom stereocenters. The Morgan fingerprint density at radius 3 is 2.75 bits per heavy atom. The number of nitrogens with one attached hydrogen (secondary N) is 1. The molecule has 0 saturated carbocycles. The lowest BCUT2D eigenvalue weighted by Gasteiger charge is -2.19. The Hall–Kier alpha value is -1.86. The van der Waals surface area contributed by atoms with Gasteiger partial charge in [0.15, 0.2) is 0 Å². The molecule has 0 fully saturated rings. The number of hydrogen-bond donors (Lipinski definition) is 2. The summed E-state index contributed by atoms with van der Waals surface area (Å²) in [7, 11) is 0. The Morgan fingerprint density at radius 1 is 1.45 bits per heavy atom. The van der Waals surface area contributed by atoms with Crippen LogP contribution in [0, 0.1) is 11.8 Å². The lowest BCUT2D eigenvalue weighted by molar-refractivity contribution is 0.0529. The number of amides is 1. The van der Waals surface area contributed by atoms with Crippen LogP contribution in [0.1, 0.15) is 32.8 Å². The van der Waals surface area contributed by atoms with Gasteiger partial charge in [-0.15, -0.1) is 0 Å². The minimum atomic E-state index is -0.498. The molecule has 0 unspecified atom stereocenters. The molecule has 1 aromatic rings. The Kier molecular flexibility index (Phi) is 5.72. The minimum absolute atomic E-state index is 0.409. The second kappa shape index (κ2) is 7.06. The molecular weight excluding hydrogens is 276 g/mol. The van der Waals surface area contributed by atoms with E-state index in [-0.39, 0.29) is 0 Å². The van der Waals surface area contributed by atoms with Gasteiger partial charge in [-0.05, 0) is 32.9 Å². The highest BCUT2D eigenvalue weighted by atomic mass is 35.5. The van der Waals surface area contributed by atoms with E-state index in [1.54, 1.807) is 18.2 Å². The molecule has 0 bridgehead atoms. The first-order chi connectivity index (χ1) is 9.29. The lowest BCUT2D eigenvalue weighted by atomic mass is 10.2. The molecule has 0 spiro atoms. The molecule has 108 valence electrons. The van der Waals surface area contributed by atoms with Crippen LogP contribution in [-0.4, -0.2) is 18.2 Å². The third-order valence-electron chi connectivity index (χ3n) is 2.18. The van der Waals surface area contributed by atoms with Crippen molar-refractivity contribution in [3.8, 4) is 11.8 Å². The number of nitrogens with two attached hydrogens (primary N) is 1. The summed E-state index contributed by atoms with van der Waals surface area (Å²) in [4.78, 5) is 11.4. The summed E-state index contributed by atoms with van der Waals surface area (Å²) < 4.78 is 5.10. The van der Waals surface area contributed by atoms with Crippen molar-refractivity contribution in [3.05, 3.63) is 28.8 Å². The van der Waals surface area contributed by atoms with Gasteiger partial charge >= 0.3 is 6.09 Å². The van der Waals surface area contributed by atoms with Gasteiger partial charge in [-0.1, -0.05) is 29.5 Å². The van der Waals surface area contributed by atoms with Gasteiger partial charge < -0.3 is 15.8 Å². The Bertz CT molecular complexity index is 519. The molecule has 1 amide bonds. The SMILES string of the molecule is CC(C)(C)OC(=O)NCCC#Cc1c(N)cccc1Cl. The van der Waals surface area contributed by atoms with Crippen molar-refractivity contribution in [3.63, 3.8) is 0 Å². The zero-order valence-corrected chi connectivity index (χ0v) is 12.7. The Morgan fingerprint density at radius 2 is 2.15 bits per heavy atom. The van der Waals surface area contributed by atoms with Crippen molar-refractivity contribution >= 4 is 23.4 Å². The fraction of sp³-hybridized carbons (Fsp3) is 0.400. The Labute approximate surface area is 124 Å². The normalized spacial score (nSPS) is 10.4. The van der Waals surface area contributed by atoms with Crippen LogP contribution in [0.25, 0.3) is 0 Å². The van der Waals surface area contributed by atoms with Gasteiger partial charge in [-0.25, -0.2) is 4.79 Å². The van der Waals surface area contributed by atoms with Gasteiger partial charge in [-0.3, -0.25) is 0 Å². The van der Waals surface area contributed by atoms with Crippen LogP contribution >= 0.6 is 11.6 Å². The average molecular weight is 295 g/mol. The smallest absolute Gasteiger partial charge is 0.407 e. The van der Waals surface area contributed by atoms with Gasteiger partial charge in [0.05, 0.1) is 10.6 Å². The van der Waals surface area contributed by atoms with E-state index in [0.29, 0.717) is 29.2 Å². The number of ether oxygens (including phenoxy) is 1. The maximum atomic E-state index is 11.4. The first-order valence-electron chi connectivity index (χ1n) is 6.29. The molecule has 0 radical (unpaired) electrons. The first-order valence-corrected chi connectivity index (χ1v) is 6.67. The van der Waals surface area contributed by atoms with Crippen molar-refractivity contribution in [1.82, 2.24) is 5.32 Å². The summed E-state index contributed by atoms with van der Waals surface area (Å²) in [5, 5.41) is 3.15. The monoisotopic (exact) mass is 294 g/mol. The second-order valence-electron chi connectivity index (χ2n) is 5.18. The van der Waals surface area contributed by atoms with E-state index in [4.69, 9.17) is 22.1 Å². The number of alkyl carbamates (subject to hydrolysis) is 1. The molecule has 0 aliphatic heterocycles. The summed E-state index contributed by atoms with van der Waals surface area (Å²) in [5.41, 5.74) is 6.44. The molecule has 0 heterocycles. The van der Waals surface area contributed by atoms with Crippen LogP contribution in [-0.2, 0) is 4.74 Å². The van der Waals surface area contributed by atoms with Crippen LogP contribution < -0.4 is 11.1 Å². The largest absolute Gasteiger partial charge is 0.444 e. The predicted octanol–water partition coefficient (Wildman–Crippen LogP) is 3.19. The summed E-state index contributed by atoms with van der Waals surface area (Å²) >= 11 is 5.99. The zero-order chi connectivity index (χ0) is 15.2. The molecule has 3 N–H and O–H groups in total. The first kappa shape index (κ1) is 16.2. The number of anilines is 1. The lowest BCUT2D eigenvalue weighted by Crippen LogP contribution is -2.32. The molecule has 0 saturated heterocycles. The molecule has 0 aromatic heterocycles. The number of halogens is 1. The van der Waals surface area contributed by atoms with E-state index in [9.17, 15) is 4.79 Å². The van der Waals surface area contributed by atoms with Crippen LogP contribution in [0.15, 0.2) is 18.2 Å². The number of rotatable bonds is 2. The highest BCUT2D eigenvalue weighted by molar-refractivity contribution is 6.32. The van der Waals surface area contributed by atoms with E-state index < -0.39 is 11.7 Å². The molecular formula is C15H19ClN2O2. The van der Waals surface area contributed by atoms with Crippen molar-refractivity contribution < 1.29 is 9.53 Å². The van der Waals surface area contributed by atoms with Crippen molar-refractivity contribution in [2.45, 2.75) is 32.8 Å². The summed E-state index contributed by atoms with van der Waals surface area (Å²) in [6.07, 6.45) is 0.0424. The Balaban J connectivity index is 2.43. The minimum Gasteiger partial charge on any atom is -0.444 e. The average Bonchev–Trinajstić information content (AvgIpc) is 2.29. The molecule has 4 nitrogen and oxygen atoms in total. The van der Waals surface area contributed by atoms with Crippen LogP contribution in [0.5, 0.6) is 0 Å². The molecule has 20 heavy (non-hydrogen) atoms. The van der Waals surface area contributed by atoms with Gasteiger partial charge in [0.25, 0.3) is 0 Å². The fourth-order valence-corrected chi connectivity index (χ4v) is 1.59. The molecule has 5 heteroatoms. The molecule has 0 aliphatic rings. The molecule has 1 rings (SSSR count). The molecule has 0 aliphatic carbocycles. The highest BCUT2D eigenvalue weighted by Crippen LogP contribution is 2.20.